The van der Waals surface area contributed by atoms with Crippen molar-refractivity contribution >= 4 is 93.5 Å². The lowest BCUT2D eigenvalue weighted by Crippen LogP contribution is -2.61. The number of benzene rings is 2. The number of nitrogens with two attached hydrogens (primary N) is 1. The van der Waals surface area contributed by atoms with Crippen molar-refractivity contribution in [3.8, 4) is 11.8 Å². The number of hydrogen-bond acceptors (Lipinski definition) is 13. The van der Waals surface area contributed by atoms with Crippen LogP contribution in [0.4, 0.5) is 8.78 Å². The van der Waals surface area contributed by atoms with Gasteiger partial charge >= 0.3 is 13.3 Å². The number of imide groups is 1. The number of hydrogen-bond donors (Lipinski definition) is 7. The number of primary amides is 1. The molecule has 0 aliphatic carbocycles. The Balaban J connectivity index is 0.806. The molecule has 9 rings (SSSR count). The molecule has 1 unspecified atom stereocenters. The van der Waals surface area contributed by atoms with Gasteiger partial charge in [-0.05, 0) is 141 Å². The SMILES string of the molecule is CN1CC[C@H]2CC[C@@H](C(=O)N[C@@H](CCC(N)=O)C(=O)N[C@H](C(=O)N3CCC(CCCC#Cc4cccc5c4CN(C4CCC(=O)NC4=O)C5=O)CC3)c3ccsc3)N2C(=O)[C@@H](NC(=O)c2cc3cc(C(F)(F)P(=O)(O)O)ccc3s2)C1. The molecule has 430 valence electrons. The minimum Gasteiger partial charge on any atom is -0.370 e. The fourth-order valence-corrected chi connectivity index (χ4v) is 13.5. The predicted octanol–water partition coefficient (Wildman–Crippen LogP) is 3.81. The lowest BCUT2D eigenvalue weighted by Gasteiger charge is -2.38. The molecule has 4 saturated heterocycles. The number of carbonyl (C=O) groups is 9. The minimum atomic E-state index is -5.86. The highest BCUT2D eigenvalue weighted by molar-refractivity contribution is 7.52. The second kappa shape index (κ2) is 24.6. The molecule has 5 aliphatic heterocycles. The molecule has 8 N–H and O–H groups in total. The van der Waals surface area contributed by atoms with E-state index >= 15 is 0 Å². The number of nitrogens with zero attached hydrogens (tertiary/aromatic N) is 4. The first-order valence-corrected chi connectivity index (χ1v) is 30.2. The van der Waals surface area contributed by atoms with Gasteiger partial charge in [-0.15, -0.1) is 11.3 Å². The molecule has 4 aromatic rings. The van der Waals surface area contributed by atoms with E-state index in [2.05, 4.69) is 33.1 Å². The van der Waals surface area contributed by atoms with Crippen LogP contribution in [0.15, 0.2) is 59.3 Å². The van der Waals surface area contributed by atoms with Gasteiger partial charge < -0.3 is 51.1 Å². The van der Waals surface area contributed by atoms with Gasteiger partial charge in [0.2, 0.25) is 41.4 Å². The molecule has 4 fully saturated rings. The van der Waals surface area contributed by atoms with Crippen LogP contribution < -0.4 is 27.0 Å². The number of halogens is 2. The van der Waals surface area contributed by atoms with Crippen molar-refractivity contribution in [2.45, 2.75) is 126 Å². The van der Waals surface area contributed by atoms with E-state index in [0.717, 1.165) is 41.9 Å². The molecule has 21 nitrogen and oxygen atoms in total. The third kappa shape index (κ3) is 13.1. The fraction of sp³-hybridized carbons (Fsp3) is 0.473. The Morgan fingerprint density at radius 1 is 0.963 bits per heavy atom. The summed E-state index contributed by atoms with van der Waals surface area (Å²) in [5.41, 5.74) is 2.63. The zero-order valence-electron chi connectivity index (χ0n) is 44.2. The number of unbranched alkanes of at least 4 members (excludes halogenated alkanes) is 1. The molecule has 0 saturated carbocycles. The van der Waals surface area contributed by atoms with Crippen LogP contribution in [-0.2, 0) is 50.3 Å². The summed E-state index contributed by atoms with van der Waals surface area (Å²) in [5.74, 6) is 1.88. The summed E-state index contributed by atoms with van der Waals surface area (Å²) < 4.78 is 41.0. The van der Waals surface area contributed by atoms with Crippen LogP contribution in [-0.4, -0.2) is 146 Å². The highest BCUT2D eigenvalue weighted by Gasteiger charge is 2.51. The topological polar surface area (TPSA) is 298 Å². The van der Waals surface area contributed by atoms with Crippen LogP contribution in [0.5, 0.6) is 0 Å². The second-order valence-corrected chi connectivity index (χ2v) is 24.8. The number of carbonyl (C=O) groups excluding carboxylic acids is 9. The van der Waals surface area contributed by atoms with Gasteiger partial charge in [0.05, 0.1) is 4.88 Å². The second-order valence-electron chi connectivity index (χ2n) is 21.3. The van der Waals surface area contributed by atoms with Gasteiger partial charge in [0, 0.05) is 72.9 Å². The maximum Gasteiger partial charge on any atom is 0.399 e. The number of alkyl halides is 2. The highest BCUT2D eigenvalue weighted by Crippen LogP contribution is 2.59. The van der Waals surface area contributed by atoms with E-state index in [0.29, 0.717) is 79.0 Å². The van der Waals surface area contributed by atoms with Crippen molar-refractivity contribution in [2.75, 3.05) is 33.2 Å². The van der Waals surface area contributed by atoms with Gasteiger partial charge in [0.15, 0.2) is 0 Å². The predicted molar refractivity (Wildman–Crippen MR) is 293 cm³/mol. The van der Waals surface area contributed by atoms with Crippen molar-refractivity contribution in [3.63, 3.8) is 0 Å². The van der Waals surface area contributed by atoms with E-state index in [9.17, 15) is 66.3 Å². The Labute approximate surface area is 472 Å². The third-order valence-corrected chi connectivity index (χ3v) is 18.6. The van der Waals surface area contributed by atoms with Crippen LogP contribution in [0.25, 0.3) is 10.1 Å². The number of nitrogens with one attached hydrogen (secondary N) is 4. The standard InChI is InChI=1S/C55H62F2N9O12PS2/c1-63-22-20-36-11-13-42(66(36)53(74)40(29-63)60-51(72)44-27-34-26-35(10-15-43(34)81-44)55(56,57)79(76,77)78)50(71)59-39(12-16-45(58)67)48(69)62-47(33-21-25-80-30-33)54(75)64-23-18-31(19-24-64)6-3-2-4-7-32-8-5-9-37-38(32)28-65(52(37)73)41-14-17-46(68)61-49(41)70/h5,8-10,15,21,25-27,30-31,36,39-42,47H,2-3,6,11-14,16-20,22-24,28-29H2,1H3,(H2,58,67)(H,59,71)(H,60,72)(H,62,69)(H,61,68,70)(H2,76,77,78)/t36-,39+,40+,41?,42+,47+/m1/s1. The largest absolute Gasteiger partial charge is 0.399 e. The highest BCUT2D eigenvalue weighted by atomic mass is 32.1. The van der Waals surface area contributed by atoms with Crippen molar-refractivity contribution < 1.29 is 66.3 Å². The summed E-state index contributed by atoms with van der Waals surface area (Å²) in [5, 5.41) is 14.3. The van der Waals surface area contributed by atoms with Crippen LogP contribution in [0, 0.1) is 17.8 Å². The number of rotatable bonds is 17. The van der Waals surface area contributed by atoms with E-state index in [1.54, 1.807) is 40.9 Å². The molecule has 2 aromatic carbocycles. The fourth-order valence-electron chi connectivity index (χ4n) is 11.4. The van der Waals surface area contributed by atoms with Crippen LogP contribution in [0.1, 0.15) is 125 Å². The number of amides is 9. The molecular weight excluding hydrogens is 1110 g/mol. The third-order valence-electron chi connectivity index (χ3n) is 15.8. The number of likely N-dealkylation sites (N-methyl/N-ethyl adjacent to an activating group) is 1. The molecule has 0 radical (unpaired) electrons. The summed E-state index contributed by atoms with van der Waals surface area (Å²) in [7, 11) is -4.09. The summed E-state index contributed by atoms with van der Waals surface area (Å²) in [6.07, 6.45) is 4.73. The Morgan fingerprint density at radius 3 is 2.46 bits per heavy atom. The average Bonchev–Trinajstić information content (AvgIpc) is 4.45. The number of fused-ring (bicyclic) bond motifs is 3. The van der Waals surface area contributed by atoms with Crippen LogP contribution in [0.3, 0.4) is 0 Å². The van der Waals surface area contributed by atoms with E-state index in [1.807, 2.05) is 11.0 Å². The summed E-state index contributed by atoms with van der Waals surface area (Å²) in [4.78, 5) is 146. The van der Waals surface area contributed by atoms with Crippen molar-refractivity contribution in [2.24, 2.45) is 11.7 Å². The van der Waals surface area contributed by atoms with Gasteiger partial charge in [-0.2, -0.15) is 20.1 Å². The van der Waals surface area contributed by atoms with Gasteiger partial charge in [0.1, 0.15) is 30.2 Å². The van der Waals surface area contributed by atoms with E-state index in [-0.39, 0.29) is 73.2 Å². The maximum absolute atomic E-state index is 14.6. The zero-order valence-corrected chi connectivity index (χ0v) is 46.7. The maximum atomic E-state index is 14.6. The first-order chi connectivity index (χ1) is 38.6. The summed E-state index contributed by atoms with van der Waals surface area (Å²) in [6.45, 7) is 1.62. The van der Waals surface area contributed by atoms with E-state index in [1.165, 1.54) is 33.3 Å². The zero-order chi connectivity index (χ0) is 57.9. The minimum absolute atomic E-state index is 0.0336. The average molecular weight is 1170 g/mol. The molecule has 81 heavy (non-hydrogen) atoms. The summed E-state index contributed by atoms with van der Waals surface area (Å²) in [6, 6.07) is 5.43. The van der Waals surface area contributed by atoms with Crippen molar-refractivity contribution in [3.05, 3.63) is 92.0 Å². The Bertz CT molecular complexity index is 3260. The van der Waals surface area contributed by atoms with Gasteiger partial charge in [0.25, 0.3) is 11.8 Å². The number of likely N-dealkylation sites (tertiary alicyclic amines) is 1. The molecule has 0 spiro atoms. The van der Waals surface area contributed by atoms with E-state index < -0.39 is 90.5 Å². The Morgan fingerprint density at radius 2 is 1.74 bits per heavy atom. The number of thiophene rings is 2. The molecule has 7 heterocycles. The molecule has 2 aromatic heterocycles. The smallest absolute Gasteiger partial charge is 0.370 e. The van der Waals surface area contributed by atoms with Gasteiger partial charge in [-0.25, -0.2) is 0 Å². The van der Waals surface area contributed by atoms with Gasteiger partial charge in [-0.1, -0.05) is 24.0 Å². The Hall–Kier alpha value is -6.94. The van der Waals surface area contributed by atoms with Crippen molar-refractivity contribution in [1.82, 2.24) is 40.9 Å². The lowest BCUT2D eigenvalue weighted by atomic mass is 9.91. The lowest BCUT2D eigenvalue weighted by molar-refractivity contribution is -0.144. The van der Waals surface area contributed by atoms with Gasteiger partial charge in [-0.3, -0.25) is 53.0 Å². The van der Waals surface area contributed by atoms with Crippen LogP contribution in [0.2, 0.25) is 0 Å². The summed E-state index contributed by atoms with van der Waals surface area (Å²) >= 11 is 2.26. The quantitative estimate of drug-likeness (QED) is 0.0343. The van der Waals surface area contributed by atoms with Crippen LogP contribution >= 0.6 is 30.3 Å². The first kappa shape index (κ1) is 58.7. The normalized spacial score (nSPS) is 21.7. The molecule has 9 amide bonds. The molecule has 6 atom stereocenters. The number of piperidine rings is 2. The molecule has 0 bridgehead atoms. The molecule has 5 aliphatic rings. The molecular formula is C55H62F2N9O12PS2. The first-order valence-electron chi connectivity index (χ1n) is 26.8. The van der Waals surface area contributed by atoms with E-state index in [4.69, 9.17) is 5.73 Å². The molecule has 26 heteroatoms. The monoisotopic (exact) mass is 1170 g/mol. The van der Waals surface area contributed by atoms with Crippen molar-refractivity contribution in [1.29, 1.82) is 0 Å². The Kier molecular flexibility index (Phi) is 17.9.